The fraction of sp³-hybridized carbons (Fsp3) is 0.636. The molecule has 2 rings (SSSR count). The van der Waals surface area contributed by atoms with E-state index in [9.17, 15) is 4.79 Å². The molecular weight excluding hydrogens is 192 g/mol. The van der Waals surface area contributed by atoms with E-state index in [4.69, 9.17) is 4.42 Å². The number of hydrogen-bond donors (Lipinski definition) is 0. The molecule has 15 heavy (non-hydrogen) atoms. The summed E-state index contributed by atoms with van der Waals surface area (Å²) in [4.78, 5) is 16.8. The van der Waals surface area contributed by atoms with Crippen LogP contribution >= 0.6 is 0 Å². The van der Waals surface area contributed by atoms with Crippen molar-refractivity contribution in [3.63, 3.8) is 0 Å². The van der Waals surface area contributed by atoms with E-state index in [1.807, 2.05) is 0 Å². The second-order valence-corrected chi connectivity index (χ2v) is 4.25. The molecular formula is C11H16N2O2. The highest BCUT2D eigenvalue weighted by Crippen LogP contribution is 2.19. The maximum atomic E-state index is 10.4. The van der Waals surface area contributed by atoms with Crippen LogP contribution in [0.4, 0.5) is 0 Å². The Morgan fingerprint density at radius 2 is 2.60 bits per heavy atom. The molecule has 1 atom stereocenters. The summed E-state index contributed by atoms with van der Waals surface area (Å²) >= 11 is 0. The van der Waals surface area contributed by atoms with Crippen molar-refractivity contribution in [1.82, 2.24) is 9.88 Å². The van der Waals surface area contributed by atoms with Crippen LogP contribution in [-0.4, -0.2) is 36.3 Å². The van der Waals surface area contributed by atoms with Gasteiger partial charge in [0.05, 0.1) is 6.20 Å². The van der Waals surface area contributed by atoms with Crippen LogP contribution in [-0.2, 0) is 6.42 Å². The Labute approximate surface area is 89.3 Å². The minimum atomic E-state index is 0.328. The van der Waals surface area contributed by atoms with Gasteiger partial charge >= 0.3 is 0 Å². The molecule has 1 aromatic rings. The summed E-state index contributed by atoms with van der Waals surface area (Å²) in [6, 6.07) is 0. The van der Waals surface area contributed by atoms with Gasteiger partial charge in [0, 0.05) is 13.0 Å². The fourth-order valence-electron chi connectivity index (χ4n) is 2.16. The van der Waals surface area contributed by atoms with Gasteiger partial charge in [-0.15, -0.1) is 0 Å². The summed E-state index contributed by atoms with van der Waals surface area (Å²) in [5.41, 5.74) is 0. The average molecular weight is 208 g/mol. The minimum absolute atomic E-state index is 0.328. The first kappa shape index (κ1) is 10.4. The van der Waals surface area contributed by atoms with Gasteiger partial charge in [0.25, 0.3) is 0 Å². The lowest BCUT2D eigenvalue weighted by Gasteiger charge is -2.28. The third-order valence-electron chi connectivity index (χ3n) is 2.87. The van der Waals surface area contributed by atoms with E-state index in [2.05, 4.69) is 16.9 Å². The highest BCUT2D eigenvalue weighted by atomic mass is 16.4. The summed E-state index contributed by atoms with van der Waals surface area (Å²) in [7, 11) is 2.14. The Balaban J connectivity index is 1.92. The summed E-state index contributed by atoms with van der Waals surface area (Å²) in [5.74, 6) is 1.63. The van der Waals surface area contributed by atoms with Crippen LogP contribution in [0.1, 0.15) is 29.3 Å². The quantitative estimate of drug-likeness (QED) is 0.704. The maximum absolute atomic E-state index is 10.4. The lowest BCUT2D eigenvalue weighted by Crippen LogP contribution is -2.33. The zero-order chi connectivity index (χ0) is 10.7. The average Bonchev–Trinajstić information content (AvgIpc) is 2.65. The van der Waals surface area contributed by atoms with Crippen LogP contribution in [0, 0.1) is 5.92 Å². The van der Waals surface area contributed by atoms with Crippen molar-refractivity contribution < 1.29 is 9.21 Å². The Morgan fingerprint density at radius 3 is 3.27 bits per heavy atom. The van der Waals surface area contributed by atoms with Gasteiger partial charge in [-0.1, -0.05) is 0 Å². The first-order valence-corrected chi connectivity index (χ1v) is 5.36. The molecule has 1 aliphatic rings. The molecule has 1 fully saturated rings. The number of carbonyl (C=O) groups excluding carboxylic acids is 1. The second-order valence-electron chi connectivity index (χ2n) is 4.25. The van der Waals surface area contributed by atoms with Gasteiger partial charge in [0.15, 0.2) is 17.9 Å². The monoisotopic (exact) mass is 208 g/mol. The molecule has 0 aliphatic carbocycles. The smallest absolute Gasteiger partial charge is 0.195 e. The molecule has 0 spiro atoms. The van der Waals surface area contributed by atoms with Crippen LogP contribution in [0.5, 0.6) is 0 Å². The number of piperidine rings is 1. The normalized spacial score (nSPS) is 22.9. The standard InChI is InChI=1S/C11H16N2O2/c1-13-4-2-3-9(7-13)5-11-12-6-10(8-14)15-11/h6,8-9H,2-5,7H2,1H3. The second kappa shape index (κ2) is 4.57. The lowest BCUT2D eigenvalue weighted by molar-refractivity contribution is 0.109. The minimum Gasteiger partial charge on any atom is -0.438 e. The number of hydrogen-bond acceptors (Lipinski definition) is 4. The Bertz CT molecular complexity index is 335. The highest BCUT2D eigenvalue weighted by Gasteiger charge is 2.19. The number of oxazole rings is 1. The van der Waals surface area contributed by atoms with Crippen LogP contribution < -0.4 is 0 Å². The molecule has 4 heteroatoms. The molecule has 0 bridgehead atoms. The topological polar surface area (TPSA) is 46.3 Å². The number of aldehydes is 1. The predicted molar refractivity (Wildman–Crippen MR) is 55.8 cm³/mol. The fourth-order valence-corrected chi connectivity index (χ4v) is 2.16. The van der Waals surface area contributed by atoms with Crippen molar-refractivity contribution >= 4 is 6.29 Å². The summed E-state index contributed by atoms with van der Waals surface area (Å²) < 4.78 is 5.27. The van der Waals surface area contributed by atoms with Crippen molar-refractivity contribution in [1.29, 1.82) is 0 Å². The van der Waals surface area contributed by atoms with Crippen LogP contribution in [0.15, 0.2) is 10.6 Å². The number of rotatable bonds is 3. The van der Waals surface area contributed by atoms with E-state index >= 15 is 0 Å². The number of nitrogens with zero attached hydrogens (tertiary/aromatic N) is 2. The molecule has 0 amide bonds. The SMILES string of the molecule is CN1CCCC(Cc2ncc(C=O)o2)C1. The Hall–Kier alpha value is -1.16. The van der Waals surface area contributed by atoms with Gasteiger partial charge in [-0.05, 0) is 32.4 Å². The third-order valence-corrected chi connectivity index (χ3v) is 2.87. The molecule has 0 aromatic carbocycles. The zero-order valence-corrected chi connectivity index (χ0v) is 8.98. The summed E-state index contributed by atoms with van der Waals surface area (Å²) in [5, 5.41) is 0. The molecule has 82 valence electrons. The van der Waals surface area contributed by atoms with Crippen LogP contribution in [0.2, 0.25) is 0 Å². The van der Waals surface area contributed by atoms with Crippen LogP contribution in [0.25, 0.3) is 0 Å². The maximum Gasteiger partial charge on any atom is 0.195 e. The predicted octanol–water partition coefficient (Wildman–Crippen LogP) is 1.37. The van der Waals surface area contributed by atoms with Crippen molar-refractivity contribution in [3.05, 3.63) is 17.8 Å². The van der Waals surface area contributed by atoms with E-state index < -0.39 is 0 Å². The van der Waals surface area contributed by atoms with Gasteiger partial charge in [0.2, 0.25) is 0 Å². The van der Waals surface area contributed by atoms with E-state index in [0.29, 0.717) is 23.9 Å². The molecule has 4 nitrogen and oxygen atoms in total. The van der Waals surface area contributed by atoms with Crippen molar-refractivity contribution in [2.24, 2.45) is 5.92 Å². The molecule has 1 saturated heterocycles. The molecule has 2 heterocycles. The largest absolute Gasteiger partial charge is 0.438 e. The number of aromatic nitrogens is 1. The summed E-state index contributed by atoms with van der Waals surface area (Å²) in [6.45, 7) is 2.28. The molecule has 1 unspecified atom stereocenters. The molecule has 1 aromatic heterocycles. The van der Waals surface area contributed by atoms with Crippen molar-refractivity contribution in [2.75, 3.05) is 20.1 Å². The third kappa shape index (κ3) is 2.65. The molecule has 0 radical (unpaired) electrons. The van der Waals surface area contributed by atoms with E-state index in [-0.39, 0.29) is 0 Å². The van der Waals surface area contributed by atoms with E-state index in [1.165, 1.54) is 25.6 Å². The number of carbonyl (C=O) groups is 1. The van der Waals surface area contributed by atoms with Gasteiger partial charge in [-0.3, -0.25) is 4.79 Å². The van der Waals surface area contributed by atoms with Gasteiger partial charge in [-0.2, -0.15) is 0 Å². The van der Waals surface area contributed by atoms with E-state index in [0.717, 1.165) is 13.0 Å². The van der Waals surface area contributed by atoms with Gasteiger partial charge in [-0.25, -0.2) is 4.98 Å². The highest BCUT2D eigenvalue weighted by molar-refractivity contribution is 5.69. The Kier molecular flexibility index (Phi) is 3.16. The Morgan fingerprint density at radius 1 is 1.73 bits per heavy atom. The molecule has 0 saturated carbocycles. The van der Waals surface area contributed by atoms with E-state index in [1.54, 1.807) is 0 Å². The molecule has 1 aliphatic heterocycles. The van der Waals surface area contributed by atoms with Gasteiger partial charge < -0.3 is 9.32 Å². The van der Waals surface area contributed by atoms with Gasteiger partial charge in [0.1, 0.15) is 0 Å². The van der Waals surface area contributed by atoms with Crippen molar-refractivity contribution in [3.8, 4) is 0 Å². The first-order valence-electron chi connectivity index (χ1n) is 5.36. The lowest BCUT2D eigenvalue weighted by atomic mass is 9.95. The molecule has 0 N–H and O–H groups in total. The van der Waals surface area contributed by atoms with Crippen LogP contribution in [0.3, 0.4) is 0 Å². The zero-order valence-electron chi connectivity index (χ0n) is 8.98. The summed E-state index contributed by atoms with van der Waals surface area (Å²) in [6.07, 6.45) is 5.50. The first-order chi connectivity index (χ1) is 7.28. The van der Waals surface area contributed by atoms with Crippen molar-refractivity contribution in [2.45, 2.75) is 19.3 Å². The number of likely N-dealkylation sites (tertiary alicyclic amines) is 1.